The number of hydrogen-bond donors (Lipinski definition) is 0. The van der Waals surface area contributed by atoms with Crippen LogP contribution in [0.2, 0.25) is 5.02 Å². The summed E-state index contributed by atoms with van der Waals surface area (Å²) in [4.78, 5) is 12.4. The van der Waals surface area contributed by atoms with Crippen LogP contribution in [0.3, 0.4) is 0 Å². The minimum absolute atomic E-state index is 0.0473. The predicted octanol–water partition coefficient (Wildman–Crippen LogP) is 5.94. The van der Waals surface area contributed by atoms with Crippen molar-refractivity contribution >= 4 is 33.3 Å². The highest BCUT2D eigenvalue weighted by Crippen LogP contribution is 2.36. The molecule has 0 aliphatic rings. The third-order valence-corrected chi connectivity index (χ3v) is 4.66. The molecular formula is C21H15BrClO. The summed E-state index contributed by atoms with van der Waals surface area (Å²) in [6.07, 6.45) is 0. The molecule has 119 valence electrons. The lowest BCUT2D eigenvalue weighted by molar-refractivity contribution is 0.102. The maximum absolute atomic E-state index is 12.4. The van der Waals surface area contributed by atoms with Gasteiger partial charge < -0.3 is 0 Å². The maximum Gasteiger partial charge on any atom is 0.173 e. The molecular weight excluding hydrogens is 384 g/mol. The fraction of sp³-hybridized carbons (Fsp3) is 0.0476. The first-order valence-corrected chi connectivity index (χ1v) is 9.08. The van der Waals surface area contributed by atoms with Crippen LogP contribution in [0.25, 0.3) is 0 Å². The van der Waals surface area contributed by atoms with Crippen molar-refractivity contribution in [3.05, 3.63) is 112 Å². The van der Waals surface area contributed by atoms with Gasteiger partial charge in [-0.25, -0.2) is 0 Å². The van der Waals surface area contributed by atoms with Gasteiger partial charge in [-0.05, 0) is 22.8 Å². The molecule has 0 N–H and O–H groups in total. The van der Waals surface area contributed by atoms with Crippen LogP contribution < -0.4 is 0 Å². The van der Waals surface area contributed by atoms with Crippen molar-refractivity contribution in [1.82, 2.24) is 0 Å². The summed E-state index contributed by atoms with van der Waals surface area (Å²) >= 11 is 9.75. The summed E-state index contributed by atoms with van der Waals surface area (Å²) < 4.78 is 0. The minimum atomic E-state index is 0.0473. The fourth-order valence-electron chi connectivity index (χ4n) is 2.74. The zero-order valence-corrected chi connectivity index (χ0v) is 15.2. The third kappa shape index (κ3) is 3.45. The first-order valence-electron chi connectivity index (χ1n) is 7.58. The Labute approximate surface area is 155 Å². The van der Waals surface area contributed by atoms with Gasteiger partial charge in [0, 0.05) is 10.6 Å². The number of halogens is 2. The Hall–Kier alpha value is -1.90. The third-order valence-electron chi connectivity index (χ3n) is 3.82. The lowest BCUT2D eigenvalue weighted by Gasteiger charge is -2.21. The van der Waals surface area contributed by atoms with E-state index in [9.17, 15) is 4.79 Å². The summed E-state index contributed by atoms with van der Waals surface area (Å²) in [5, 5.41) is 0.951. The van der Waals surface area contributed by atoms with Crippen molar-refractivity contribution in [2.45, 2.75) is 0 Å². The van der Waals surface area contributed by atoms with E-state index in [-0.39, 0.29) is 11.1 Å². The number of hydrogen-bond acceptors (Lipinski definition) is 1. The van der Waals surface area contributed by atoms with Crippen molar-refractivity contribution in [1.29, 1.82) is 0 Å². The molecule has 0 bridgehead atoms. The van der Waals surface area contributed by atoms with Gasteiger partial charge in [0.25, 0.3) is 0 Å². The van der Waals surface area contributed by atoms with Crippen molar-refractivity contribution in [2.75, 3.05) is 5.33 Å². The zero-order chi connectivity index (χ0) is 16.9. The highest BCUT2D eigenvalue weighted by molar-refractivity contribution is 9.09. The molecule has 3 heteroatoms. The molecule has 0 saturated carbocycles. The smallest absolute Gasteiger partial charge is 0.173 e. The molecule has 0 saturated heterocycles. The summed E-state index contributed by atoms with van der Waals surface area (Å²) in [6, 6.07) is 25.4. The van der Waals surface area contributed by atoms with E-state index in [1.807, 2.05) is 78.9 Å². The maximum atomic E-state index is 12.4. The summed E-state index contributed by atoms with van der Waals surface area (Å²) in [5.74, 6) is 1.01. The zero-order valence-electron chi connectivity index (χ0n) is 12.9. The van der Waals surface area contributed by atoms with Gasteiger partial charge in [0.15, 0.2) is 5.78 Å². The normalized spacial score (nSPS) is 10.8. The van der Waals surface area contributed by atoms with Crippen molar-refractivity contribution < 1.29 is 4.79 Å². The quantitative estimate of drug-likeness (QED) is 0.295. The van der Waals surface area contributed by atoms with Crippen molar-refractivity contribution in [3.63, 3.8) is 0 Å². The molecule has 1 nitrogen and oxygen atoms in total. The molecule has 24 heavy (non-hydrogen) atoms. The Bertz CT molecular complexity index is 845. The average molecular weight is 399 g/mol. The SMILES string of the molecule is O=C(CBr)c1ccccc1[C](c1ccccc1)c1ccccc1Cl. The lowest BCUT2D eigenvalue weighted by Crippen LogP contribution is -2.12. The molecule has 0 amide bonds. The summed E-state index contributed by atoms with van der Waals surface area (Å²) in [6.45, 7) is 0. The topological polar surface area (TPSA) is 17.1 Å². The standard InChI is InChI=1S/C21H15BrClO/c22-14-20(24)16-10-4-5-11-17(16)21(15-8-2-1-3-9-15)18-12-6-7-13-19(18)23/h1-13H,14H2. The first-order chi connectivity index (χ1) is 11.7. The van der Waals surface area contributed by atoms with Crippen LogP contribution in [0.15, 0.2) is 78.9 Å². The van der Waals surface area contributed by atoms with Gasteiger partial charge in [0.1, 0.15) is 0 Å². The summed E-state index contributed by atoms with van der Waals surface area (Å²) in [7, 11) is 0. The predicted molar refractivity (Wildman–Crippen MR) is 103 cm³/mol. The van der Waals surface area contributed by atoms with Crippen molar-refractivity contribution in [3.8, 4) is 0 Å². The van der Waals surface area contributed by atoms with Gasteiger partial charge >= 0.3 is 0 Å². The Balaban J connectivity index is 2.24. The largest absolute Gasteiger partial charge is 0.293 e. The van der Waals surface area contributed by atoms with Crippen LogP contribution in [0.4, 0.5) is 0 Å². The average Bonchev–Trinajstić information content (AvgIpc) is 2.64. The Kier molecular flexibility index (Phi) is 5.49. The van der Waals surface area contributed by atoms with Crippen LogP contribution in [-0.2, 0) is 0 Å². The van der Waals surface area contributed by atoms with Crippen LogP contribution in [0, 0.1) is 5.92 Å². The Morgan fingerprint density at radius 2 is 1.29 bits per heavy atom. The molecule has 0 heterocycles. The number of benzene rings is 3. The van der Waals surface area contributed by atoms with Crippen LogP contribution in [0.5, 0.6) is 0 Å². The molecule has 0 spiro atoms. The van der Waals surface area contributed by atoms with E-state index < -0.39 is 0 Å². The number of Topliss-reactive ketones (excluding diaryl/α,β-unsaturated/α-hetero) is 1. The second kappa shape index (κ2) is 7.78. The number of carbonyl (C=O) groups excluding carboxylic acids is 1. The van der Waals surface area contributed by atoms with E-state index in [4.69, 9.17) is 11.6 Å². The van der Waals surface area contributed by atoms with Gasteiger partial charge in [0.05, 0.1) is 11.2 Å². The second-order valence-corrected chi connectivity index (χ2v) is 6.29. The van der Waals surface area contributed by atoms with E-state index in [2.05, 4.69) is 15.9 Å². The molecule has 0 atom stereocenters. The van der Waals surface area contributed by atoms with Gasteiger partial charge in [0.2, 0.25) is 0 Å². The molecule has 0 unspecified atom stereocenters. The Morgan fingerprint density at radius 1 is 0.750 bits per heavy atom. The first kappa shape index (κ1) is 16.9. The molecule has 3 aromatic rings. The van der Waals surface area contributed by atoms with Gasteiger partial charge in [-0.2, -0.15) is 0 Å². The molecule has 3 rings (SSSR count). The van der Waals surface area contributed by atoms with E-state index in [0.29, 0.717) is 10.6 Å². The Morgan fingerprint density at radius 3 is 1.92 bits per heavy atom. The fourth-order valence-corrected chi connectivity index (χ4v) is 3.27. The van der Waals surface area contributed by atoms with Crippen molar-refractivity contribution in [2.24, 2.45) is 0 Å². The monoisotopic (exact) mass is 397 g/mol. The minimum Gasteiger partial charge on any atom is -0.293 e. The number of rotatable bonds is 5. The lowest BCUT2D eigenvalue weighted by atomic mass is 9.82. The molecule has 0 aliphatic heterocycles. The highest BCUT2D eigenvalue weighted by Gasteiger charge is 2.24. The van der Waals surface area contributed by atoms with Crippen LogP contribution >= 0.6 is 27.5 Å². The van der Waals surface area contributed by atoms with E-state index in [0.717, 1.165) is 22.6 Å². The van der Waals surface area contributed by atoms with Crippen LogP contribution in [0.1, 0.15) is 27.0 Å². The second-order valence-electron chi connectivity index (χ2n) is 5.32. The van der Waals surface area contributed by atoms with E-state index in [1.54, 1.807) is 0 Å². The van der Waals surface area contributed by atoms with Gasteiger partial charge in [-0.15, -0.1) is 0 Å². The van der Waals surface area contributed by atoms with E-state index >= 15 is 0 Å². The van der Waals surface area contributed by atoms with Crippen LogP contribution in [-0.4, -0.2) is 11.1 Å². The van der Waals surface area contributed by atoms with Gasteiger partial charge in [-0.3, -0.25) is 4.79 Å². The summed E-state index contributed by atoms with van der Waals surface area (Å²) in [5.41, 5.74) is 3.52. The molecule has 0 aliphatic carbocycles. The number of ketones is 1. The highest BCUT2D eigenvalue weighted by atomic mass is 79.9. The molecule has 1 radical (unpaired) electrons. The number of carbonyl (C=O) groups is 1. The van der Waals surface area contributed by atoms with E-state index in [1.165, 1.54) is 0 Å². The molecule has 3 aromatic carbocycles. The molecule has 0 aromatic heterocycles. The number of alkyl halides is 1. The molecule has 0 fully saturated rings. The van der Waals surface area contributed by atoms with Gasteiger partial charge in [-0.1, -0.05) is 100 Å².